The summed E-state index contributed by atoms with van der Waals surface area (Å²) in [5, 5.41) is 9.99. The van der Waals surface area contributed by atoms with Gasteiger partial charge in [-0.1, -0.05) is 6.92 Å². The van der Waals surface area contributed by atoms with Crippen LogP contribution in [0.15, 0.2) is 18.3 Å². The summed E-state index contributed by atoms with van der Waals surface area (Å²) in [4.78, 5) is 36.5. The van der Waals surface area contributed by atoms with E-state index >= 15 is 0 Å². The van der Waals surface area contributed by atoms with Crippen molar-refractivity contribution in [3.05, 3.63) is 41.1 Å². The van der Waals surface area contributed by atoms with Gasteiger partial charge in [-0.2, -0.15) is 5.10 Å². The number of aromatic amines is 1. The number of fused-ring (bicyclic) bond motifs is 2. The number of aromatic nitrogens is 3. The van der Waals surface area contributed by atoms with Crippen LogP contribution in [0.1, 0.15) is 67.8 Å². The smallest absolute Gasteiger partial charge is 0.319 e. The monoisotopic (exact) mass is 455 g/mol. The molecule has 176 valence electrons. The van der Waals surface area contributed by atoms with Crippen molar-refractivity contribution in [2.45, 2.75) is 64.2 Å². The lowest BCUT2D eigenvalue weighted by Gasteiger charge is -2.50. The molecule has 2 aromatic rings. The number of hydrogen-bond acceptors (Lipinski definition) is 5. The molecule has 2 saturated heterocycles. The topological polar surface area (TPSA) is 97.5 Å². The fourth-order valence-electron chi connectivity index (χ4n) is 5.52. The average molecular weight is 456 g/mol. The first kappa shape index (κ1) is 21.8. The first-order chi connectivity index (χ1) is 15.8. The second-order valence-electron chi connectivity index (χ2n) is 9.60. The van der Waals surface area contributed by atoms with E-state index in [4.69, 9.17) is 0 Å². The van der Waals surface area contributed by atoms with E-state index in [1.807, 2.05) is 11.8 Å². The maximum atomic E-state index is 13.7. The van der Waals surface area contributed by atoms with E-state index < -0.39 is 11.7 Å². The van der Waals surface area contributed by atoms with Crippen molar-refractivity contribution >= 4 is 17.8 Å². The van der Waals surface area contributed by atoms with Crippen molar-refractivity contribution in [2.24, 2.45) is 0 Å². The van der Waals surface area contributed by atoms with Crippen LogP contribution in [0.4, 0.5) is 15.0 Å². The lowest BCUT2D eigenvalue weighted by atomic mass is 9.93. The van der Waals surface area contributed by atoms with Gasteiger partial charge < -0.3 is 15.1 Å². The third-order valence-electron chi connectivity index (χ3n) is 7.56. The minimum atomic E-state index is -0.507. The predicted molar refractivity (Wildman–Crippen MR) is 120 cm³/mol. The second-order valence-corrected chi connectivity index (χ2v) is 9.60. The molecule has 10 heteroatoms. The molecule has 2 N–H and O–H groups in total. The Morgan fingerprint density at radius 3 is 2.88 bits per heavy atom. The zero-order valence-corrected chi connectivity index (χ0v) is 19.3. The predicted octanol–water partition coefficient (Wildman–Crippen LogP) is 3.14. The Morgan fingerprint density at radius 1 is 1.33 bits per heavy atom. The van der Waals surface area contributed by atoms with E-state index in [0.29, 0.717) is 12.4 Å². The molecule has 3 amide bonds. The Kier molecular flexibility index (Phi) is 5.35. The highest BCUT2D eigenvalue weighted by molar-refractivity contribution is 6.02. The number of H-pyrrole nitrogens is 1. The number of pyridine rings is 1. The van der Waals surface area contributed by atoms with E-state index in [9.17, 15) is 14.0 Å². The Labute approximate surface area is 192 Å². The van der Waals surface area contributed by atoms with Gasteiger partial charge in [-0.25, -0.2) is 14.2 Å². The molecule has 33 heavy (non-hydrogen) atoms. The van der Waals surface area contributed by atoms with Gasteiger partial charge in [0.25, 0.3) is 5.91 Å². The van der Waals surface area contributed by atoms with Gasteiger partial charge >= 0.3 is 6.03 Å². The number of carbonyl (C=O) groups is 2. The van der Waals surface area contributed by atoms with Gasteiger partial charge in [0.05, 0.1) is 24.5 Å². The fourth-order valence-corrected chi connectivity index (χ4v) is 5.52. The quantitative estimate of drug-likeness (QED) is 0.741. The van der Waals surface area contributed by atoms with Crippen LogP contribution in [0.5, 0.6) is 0 Å². The summed E-state index contributed by atoms with van der Waals surface area (Å²) in [6, 6.07) is 2.56. The Bertz CT molecular complexity index is 1070. The van der Waals surface area contributed by atoms with E-state index in [0.717, 1.165) is 49.9 Å². The first-order valence-corrected chi connectivity index (χ1v) is 11.6. The largest absolute Gasteiger partial charge is 0.321 e. The number of rotatable bonds is 3. The second kappa shape index (κ2) is 8.09. The van der Waals surface area contributed by atoms with Gasteiger partial charge in [-0.05, 0) is 51.8 Å². The lowest BCUT2D eigenvalue weighted by molar-refractivity contribution is 0.00674. The molecule has 3 aliphatic rings. The molecule has 0 spiro atoms. The van der Waals surface area contributed by atoms with Crippen molar-refractivity contribution in [1.29, 1.82) is 0 Å². The maximum Gasteiger partial charge on any atom is 0.321 e. The van der Waals surface area contributed by atoms with E-state index in [2.05, 4.69) is 44.1 Å². The van der Waals surface area contributed by atoms with Crippen molar-refractivity contribution in [2.75, 3.05) is 25.0 Å². The average Bonchev–Trinajstić information content (AvgIpc) is 3.47. The molecule has 9 nitrogen and oxygen atoms in total. The van der Waals surface area contributed by atoms with Gasteiger partial charge in [0.15, 0.2) is 5.82 Å². The van der Waals surface area contributed by atoms with E-state index in [1.165, 1.54) is 18.6 Å². The van der Waals surface area contributed by atoms with E-state index in [-0.39, 0.29) is 29.3 Å². The van der Waals surface area contributed by atoms with Crippen molar-refractivity contribution in [3.63, 3.8) is 0 Å². The summed E-state index contributed by atoms with van der Waals surface area (Å²) < 4.78 is 13.1. The number of amides is 3. The minimum absolute atomic E-state index is 0.0317. The van der Waals surface area contributed by atoms with Crippen LogP contribution in [-0.4, -0.2) is 73.0 Å². The van der Waals surface area contributed by atoms with Crippen LogP contribution in [-0.2, 0) is 6.54 Å². The van der Waals surface area contributed by atoms with Crippen LogP contribution in [0.2, 0.25) is 0 Å². The third-order valence-corrected chi connectivity index (χ3v) is 7.56. The Hall–Kier alpha value is -3.01. The molecule has 0 aromatic carbocycles. The lowest BCUT2D eigenvalue weighted by Crippen LogP contribution is -2.64. The van der Waals surface area contributed by atoms with E-state index in [1.54, 1.807) is 0 Å². The highest BCUT2D eigenvalue weighted by atomic mass is 19.1. The molecule has 2 fully saturated rings. The van der Waals surface area contributed by atoms with Crippen LogP contribution < -0.4 is 5.32 Å². The molecular formula is C23H30FN7O2. The highest BCUT2D eigenvalue weighted by Gasteiger charge is 2.48. The number of halogens is 1. The molecule has 2 aromatic heterocycles. The zero-order chi connectivity index (χ0) is 23.3. The van der Waals surface area contributed by atoms with Gasteiger partial charge in [0, 0.05) is 30.2 Å². The van der Waals surface area contributed by atoms with Crippen LogP contribution >= 0.6 is 0 Å². The van der Waals surface area contributed by atoms with Crippen LogP contribution in [0.3, 0.4) is 0 Å². The number of nitrogens with zero attached hydrogens (tertiary/aromatic N) is 5. The number of piperazine rings is 1. The molecule has 3 aliphatic heterocycles. The summed E-state index contributed by atoms with van der Waals surface area (Å²) in [6.07, 6.45) is 4.21. The maximum absolute atomic E-state index is 13.7. The van der Waals surface area contributed by atoms with Crippen molar-refractivity contribution < 1.29 is 14.0 Å². The number of carbonyl (C=O) groups excluding carboxylic acids is 2. The molecule has 5 heterocycles. The molecule has 5 rings (SSSR count). The minimum Gasteiger partial charge on any atom is -0.319 e. The molecule has 3 atom stereocenters. The van der Waals surface area contributed by atoms with Crippen molar-refractivity contribution in [3.8, 4) is 0 Å². The molecule has 0 radical (unpaired) electrons. The third kappa shape index (κ3) is 3.66. The number of urea groups is 1. The Balaban J connectivity index is 1.33. The molecule has 0 aliphatic carbocycles. The van der Waals surface area contributed by atoms with Crippen molar-refractivity contribution in [1.82, 2.24) is 29.9 Å². The normalized spacial score (nSPS) is 26.9. The van der Waals surface area contributed by atoms with Crippen LogP contribution in [0, 0.1) is 5.82 Å². The SMILES string of the molecule is CC[C@H]1CN2CCC[C@]2(C)CN1C(=O)N1Cc2c(NC(=O)c3ccc(F)cn3)n[nH]c2C1C. The summed E-state index contributed by atoms with van der Waals surface area (Å²) in [5.41, 5.74) is 1.76. The molecule has 1 unspecified atom stereocenters. The molecule has 0 saturated carbocycles. The first-order valence-electron chi connectivity index (χ1n) is 11.6. The zero-order valence-electron chi connectivity index (χ0n) is 19.3. The molecular weight excluding hydrogens is 425 g/mol. The summed E-state index contributed by atoms with van der Waals surface area (Å²) >= 11 is 0. The van der Waals surface area contributed by atoms with Gasteiger partial charge in [0.2, 0.25) is 0 Å². The van der Waals surface area contributed by atoms with Crippen LogP contribution in [0.25, 0.3) is 0 Å². The van der Waals surface area contributed by atoms with Gasteiger partial charge in [-0.15, -0.1) is 0 Å². The molecule has 0 bridgehead atoms. The number of hydrogen-bond donors (Lipinski definition) is 2. The standard InChI is InChI=1S/C23H30FN7O2/c1-4-16-11-29-9-5-8-23(29,3)13-31(16)22(33)30-12-17-19(14(30)2)27-28-20(17)26-21(32)18-7-6-15(24)10-25-18/h6-7,10,14,16H,4-5,8-9,11-13H2,1-3H3,(H2,26,27,28,32)/t14?,16-,23+/m0/s1. The van der Waals surface area contributed by atoms with Gasteiger partial charge in [-0.3, -0.25) is 14.8 Å². The summed E-state index contributed by atoms with van der Waals surface area (Å²) in [6.45, 7) is 9.51. The fraction of sp³-hybridized carbons (Fsp3) is 0.565. The number of anilines is 1. The number of nitrogens with one attached hydrogen (secondary N) is 2. The summed E-state index contributed by atoms with van der Waals surface area (Å²) in [7, 11) is 0. The van der Waals surface area contributed by atoms with Gasteiger partial charge in [0.1, 0.15) is 11.5 Å². The highest BCUT2D eigenvalue weighted by Crippen LogP contribution is 2.39. The Morgan fingerprint density at radius 2 is 2.15 bits per heavy atom. The summed E-state index contributed by atoms with van der Waals surface area (Å²) in [5.74, 6) is -0.603.